The van der Waals surface area contributed by atoms with Gasteiger partial charge in [-0.25, -0.2) is 0 Å². The van der Waals surface area contributed by atoms with E-state index in [-0.39, 0.29) is 42.3 Å². The SMILES string of the molecule is COc1cc(N)c(Cl)cc1C(=O)N[C@@H]1CCN(CC2CCN(C(=O)C(C)C)CC2)C[C@@H]1OC.Cl. The monoisotopic (exact) mass is 516 g/mol. The summed E-state index contributed by atoms with van der Waals surface area (Å²) in [6, 6.07) is 3.00. The lowest BCUT2D eigenvalue weighted by Crippen LogP contribution is -2.55. The van der Waals surface area contributed by atoms with Crippen molar-refractivity contribution in [2.24, 2.45) is 11.8 Å². The Bertz CT molecular complexity index is 847. The Morgan fingerprint density at radius 2 is 1.85 bits per heavy atom. The molecule has 0 aliphatic carbocycles. The summed E-state index contributed by atoms with van der Waals surface area (Å²) in [5.74, 6) is 1.02. The highest BCUT2D eigenvalue weighted by atomic mass is 35.5. The Morgan fingerprint density at radius 3 is 2.44 bits per heavy atom. The van der Waals surface area contributed by atoms with Gasteiger partial charge in [0.15, 0.2) is 0 Å². The highest BCUT2D eigenvalue weighted by molar-refractivity contribution is 6.33. The number of carbonyl (C=O) groups excluding carboxylic acids is 2. The van der Waals surface area contributed by atoms with Crippen LogP contribution in [0.1, 0.15) is 43.5 Å². The van der Waals surface area contributed by atoms with E-state index in [1.165, 1.54) is 7.11 Å². The number of amides is 2. The van der Waals surface area contributed by atoms with Crippen LogP contribution >= 0.6 is 24.0 Å². The zero-order valence-corrected chi connectivity index (χ0v) is 22.1. The molecule has 2 aliphatic heterocycles. The van der Waals surface area contributed by atoms with Gasteiger partial charge < -0.3 is 30.3 Å². The number of rotatable bonds is 7. The van der Waals surface area contributed by atoms with E-state index >= 15 is 0 Å². The molecule has 1 aromatic carbocycles. The molecule has 10 heteroatoms. The topological polar surface area (TPSA) is 97.1 Å². The average molecular weight is 517 g/mol. The first-order valence-corrected chi connectivity index (χ1v) is 12.1. The molecule has 0 spiro atoms. The van der Waals surface area contributed by atoms with Gasteiger partial charge in [0.05, 0.1) is 35.5 Å². The van der Waals surface area contributed by atoms with E-state index in [0.29, 0.717) is 27.9 Å². The number of methoxy groups -OCH3 is 2. The van der Waals surface area contributed by atoms with E-state index in [0.717, 1.165) is 52.0 Å². The summed E-state index contributed by atoms with van der Waals surface area (Å²) in [6.07, 6.45) is 2.75. The molecule has 0 bridgehead atoms. The van der Waals surface area contributed by atoms with Gasteiger partial charge in [-0.15, -0.1) is 12.4 Å². The Morgan fingerprint density at radius 1 is 1.18 bits per heavy atom. The second-order valence-electron chi connectivity index (χ2n) is 9.40. The quantitative estimate of drug-likeness (QED) is 0.540. The van der Waals surface area contributed by atoms with Crippen molar-refractivity contribution < 1.29 is 19.1 Å². The summed E-state index contributed by atoms with van der Waals surface area (Å²) in [6.45, 7) is 8.23. The summed E-state index contributed by atoms with van der Waals surface area (Å²) in [5.41, 5.74) is 6.56. The van der Waals surface area contributed by atoms with E-state index in [4.69, 9.17) is 26.8 Å². The number of nitrogens with zero attached hydrogens (tertiary/aromatic N) is 2. The van der Waals surface area contributed by atoms with E-state index in [1.54, 1.807) is 19.2 Å². The Balaban J connectivity index is 0.00000408. The second-order valence-corrected chi connectivity index (χ2v) is 9.81. The van der Waals surface area contributed by atoms with Crippen molar-refractivity contribution in [3.8, 4) is 5.75 Å². The van der Waals surface area contributed by atoms with E-state index in [1.807, 2.05) is 18.7 Å². The van der Waals surface area contributed by atoms with Crippen molar-refractivity contribution in [1.82, 2.24) is 15.1 Å². The summed E-state index contributed by atoms with van der Waals surface area (Å²) in [5, 5.41) is 3.42. The van der Waals surface area contributed by atoms with Gasteiger partial charge in [-0.3, -0.25) is 9.59 Å². The number of carbonyl (C=O) groups is 2. The first-order valence-electron chi connectivity index (χ1n) is 11.7. The predicted octanol–water partition coefficient (Wildman–Crippen LogP) is 3.07. The van der Waals surface area contributed by atoms with Crippen LogP contribution in [0.3, 0.4) is 0 Å². The predicted molar refractivity (Wildman–Crippen MR) is 137 cm³/mol. The summed E-state index contributed by atoms with van der Waals surface area (Å²) in [7, 11) is 3.18. The summed E-state index contributed by atoms with van der Waals surface area (Å²) >= 11 is 6.13. The number of hydrogen-bond acceptors (Lipinski definition) is 6. The summed E-state index contributed by atoms with van der Waals surface area (Å²) < 4.78 is 11.1. The Labute approximate surface area is 213 Å². The molecule has 34 heavy (non-hydrogen) atoms. The maximum atomic E-state index is 13.0. The number of anilines is 1. The summed E-state index contributed by atoms with van der Waals surface area (Å²) in [4.78, 5) is 29.6. The van der Waals surface area contributed by atoms with Gasteiger partial charge in [0.2, 0.25) is 5.91 Å². The highest BCUT2D eigenvalue weighted by Gasteiger charge is 2.33. The van der Waals surface area contributed by atoms with Gasteiger partial charge in [-0.2, -0.15) is 0 Å². The van der Waals surface area contributed by atoms with Gasteiger partial charge in [0.25, 0.3) is 5.91 Å². The second kappa shape index (κ2) is 12.8. The average Bonchev–Trinajstić information content (AvgIpc) is 2.81. The van der Waals surface area contributed by atoms with Crippen molar-refractivity contribution in [2.75, 3.05) is 52.7 Å². The highest BCUT2D eigenvalue weighted by Crippen LogP contribution is 2.29. The molecule has 3 N–H and O–H groups in total. The number of ether oxygens (including phenoxy) is 2. The molecule has 2 heterocycles. The van der Waals surface area contributed by atoms with E-state index < -0.39 is 0 Å². The van der Waals surface area contributed by atoms with Crippen molar-refractivity contribution in [3.63, 3.8) is 0 Å². The standard InChI is InChI=1S/C24H37ClN4O4.ClH/c1-15(2)24(31)29-9-5-16(6-10-29)13-28-8-7-20(22(14-28)33-4)27-23(30)17-11-18(25)19(26)12-21(17)32-3;/h11-12,15-16,20,22H,5-10,13-14,26H2,1-4H3,(H,27,30);1H/t20-,22+;/m1./s1. The molecular formula is C24H38Cl2N4O4. The molecule has 2 saturated heterocycles. The molecule has 0 radical (unpaired) electrons. The zero-order chi connectivity index (χ0) is 24.1. The molecule has 2 amide bonds. The smallest absolute Gasteiger partial charge is 0.255 e. The molecule has 0 aromatic heterocycles. The third-order valence-corrected chi connectivity index (χ3v) is 7.09. The van der Waals surface area contributed by atoms with Crippen LogP contribution in [0.2, 0.25) is 5.02 Å². The maximum absolute atomic E-state index is 13.0. The first-order chi connectivity index (χ1) is 15.7. The molecule has 1 aromatic rings. The lowest BCUT2D eigenvalue weighted by molar-refractivity contribution is -0.136. The molecule has 0 saturated carbocycles. The van der Waals surface area contributed by atoms with Crippen LogP contribution < -0.4 is 15.8 Å². The van der Waals surface area contributed by atoms with Crippen molar-refractivity contribution in [2.45, 2.75) is 45.3 Å². The van der Waals surface area contributed by atoms with Gasteiger partial charge in [-0.1, -0.05) is 25.4 Å². The van der Waals surface area contributed by atoms with Crippen LogP contribution in [0, 0.1) is 11.8 Å². The minimum atomic E-state index is -0.253. The molecule has 2 fully saturated rings. The van der Waals surface area contributed by atoms with Crippen LogP contribution in [0.15, 0.2) is 12.1 Å². The van der Waals surface area contributed by atoms with Crippen LogP contribution in [0.5, 0.6) is 5.75 Å². The fourth-order valence-corrected chi connectivity index (χ4v) is 4.94. The Kier molecular flexibility index (Phi) is 10.7. The molecule has 0 unspecified atom stereocenters. The molecule has 192 valence electrons. The fraction of sp³-hybridized carbons (Fsp3) is 0.667. The van der Waals surface area contributed by atoms with Crippen LogP contribution in [-0.4, -0.2) is 80.7 Å². The van der Waals surface area contributed by atoms with Crippen molar-refractivity contribution in [1.29, 1.82) is 0 Å². The van der Waals surface area contributed by atoms with Crippen molar-refractivity contribution >= 4 is 41.5 Å². The third-order valence-electron chi connectivity index (χ3n) is 6.76. The maximum Gasteiger partial charge on any atom is 0.255 e. The largest absolute Gasteiger partial charge is 0.496 e. The minimum Gasteiger partial charge on any atom is -0.496 e. The fourth-order valence-electron chi connectivity index (χ4n) is 4.78. The lowest BCUT2D eigenvalue weighted by Gasteiger charge is -2.41. The van der Waals surface area contributed by atoms with Gasteiger partial charge in [0.1, 0.15) is 5.75 Å². The molecular weight excluding hydrogens is 479 g/mol. The Hall–Kier alpha value is -1.74. The third kappa shape index (κ3) is 6.90. The van der Waals surface area contributed by atoms with Crippen LogP contribution in [-0.2, 0) is 9.53 Å². The number of piperidine rings is 2. The minimum absolute atomic E-state index is 0. The van der Waals surface area contributed by atoms with E-state index in [9.17, 15) is 9.59 Å². The number of benzene rings is 1. The normalized spacial score (nSPS) is 21.8. The van der Waals surface area contributed by atoms with Gasteiger partial charge in [0, 0.05) is 51.8 Å². The molecule has 2 atom stereocenters. The lowest BCUT2D eigenvalue weighted by atomic mass is 9.93. The number of nitrogens with two attached hydrogens (primary N) is 1. The van der Waals surface area contributed by atoms with Crippen molar-refractivity contribution in [3.05, 3.63) is 22.7 Å². The first kappa shape index (κ1) is 28.5. The molecule has 8 nitrogen and oxygen atoms in total. The molecule has 2 aliphatic rings. The molecule has 3 rings (SSSR count). The number of halogens is 2. The van der Waals surface area contributed by atoms with Crippen LogP contribution in [0.4, 0.5) is 5.69 Å². The van der Waals surface area contributed by atoms with Gasteiger partial charge >= 0.3 is 0 Å². The number of likely N-dealkylation sites (tertiary alicyclic amines) is 2. The van der Waals surface area contributed by atoms with E-state index in [2.05, 4.69) is 10.2 Å². The van der Waals surface area contributed by atoms with Crippen LogP contribution in [0.25, 0.3) is 0 Å². The number of nitrogen functional groups attached to an aromatic ring is 1. The van der Waals surface area contributed by atoms with Gasteiger partial charge in [-0.05, 0) is 31.2 Å². The number of hydrogen-bond donors (Lipinski definition) is 2. The number of nitrogens with one attached hydrogen (secondary N) is 1. The zero-order valence-electron chi connectivity index (χ0n) is 20.5.